The number of benzene rings is 2. The van der Waals surface area contributed by atoms with Gasteiger partial charge in [-0.25, -0.2) is 13.6 Å². The predicted octanol–water partition coefficient (Wildman–Crippen LogP) is 2.26. The Morgan fingerprint density at radius 3 is 2.21 bits per heavy atom. The molecule has 0 aliphatic rings. The Labute approximate surface area is 136 Å². The minimum absolute atomic E-state index is 0.0371. The van der Waals surface area contributed by atoms with Crippen LogP contribution in [0.2, 0.25) is 0 Å². The molecule has 0 bridgehead atoms. The maximum absolute atomic E-state index is 13.1. The van der Waals surface area contributed by atoms with Crippen molar-refractivity contribution in [3.05, 3.63) is 70.8 Å². The SMILES string of the molecule is N#Cc1ccc(C[C@H](NC(=O)c2cc(F)cc(F)c2)C(=O)O)cc1. The zero-order chi connectivity index (χ0) is 17.7. The fourth-order valence-corrected chi connectivity index (χ4v) is 2.08. The number of amides is 1. The fraction of sp³-hybridized carbons (Fsp3) is 0.118. The largest absolute Gasteiger partial charge is 0.480 e. The standard InChI is InChI=1S/C17H12F2N2O3/c18-13-6-12(7-14(19)8-13)16(22)21-15(17(23)24)5-10-1-3-11(9-20)4-2-10/h1-4,6-8,15H,5H2,(H,21,22)(H,23,24)/t15-/m0/s1. The van der Waals surface area contributed by atoms with Crippen LogP contribution in [0.3, 0.4) is 0 Å². The van der Waals surface area contributed by atoms with Gasteiger partial charge in [0.1, 0.15) is 17.7 Å². The van der Waals surface area contributed by atoms with Crippen LogP contribution >= 0.6 is 0 Å². The number of hydrogen-bond donors (Lipinski definition) is 2. The maximum atomic E-state index is 13.1. The van der Waals surface area contributed by atoms with E-state index in [1.165, 1.54) is 12.1 Å². The predicted molar refractivity (Wildman–Crippen MR) is 80.1 cm³/mol. The first-order chi connectivity index (χ1) is 11.4. The summed E-state index contributed by atoms with van der Waals surface area (Å²) in [5.41, 5.74) is 0.704. The molecule has 2 N–H and O–H groups in total. The molecule has 0 unspecified atom stereocenters. The van der Waals surface area contributed by atoms with E-state index in [0.717, 1.165) is 12.1 Å². The van der Waals surface area contributed by atoms with Gasteiger partial charge in [0.25, 0.3) is 5.91 Å². The molecule has 1 amide bonds. The molecule has 2 aromatic carbocycles. The molecule has 0 saturated carbocycles. The van der Waals surface area contributed by atoms with Crippen molar-refractivity contribution in [2.45, 2.75) is 12.5 Å². The third kappa shape index (κ3) is 4.36. The minimum atomic E-state index is -1.29. The Bertz CT molecular complexity index is 793. The Kier molecular flexibility index (Phi) is 5.22. The lowest BCUT2D eigenvalue weighted by atomic mass is 10.0. The van der Waals surface area contributed by atoms with E-state index >= 15 is 0 Å². The van der Waals surface area contributed by atoms with E-state index in [0.29, 0.717) is 17.2 Å². The van der Waals surface area contributed by atoms with Gasteiger partial charge in [0.15, 0.2) is 0 Å². The molecule has 122 valence electrons. The molecule has 2 aromatic rings. The Hall–Kier alpha value is -3.27. The normalized spacial score (nSPS) is 11.4. The molecule has 0 aliphatic carbocycles. The van der Waals surface area contributed by atoms with Crippen molar-refractivity contribution in [1.29, 1.82) is 5.26 Å². The third-order valence-corrected chi connectivity index (χ3v) is 3.25. The number of hydrogen-bond acceptors (Lipinski definition) is 3. The molecule has 0 radical (unpaired) electrons. The van der Waals surface area contributed by atoms with E-state index in [2.05, 4.69) is 5.32 Å². The van der Waals surface area contributed by atoms with Crippen LogP contribution in [-0.4, -0.2) is 23.0 Å². The zero-order valence-electron chi connectivity index (χ0n) is 12.3. The monoisotopic (exact) mass is 330 g/mol. The summed E-state index contributed by atoms with van der Waals surface area (Å²) in [6.07, 6.45) is -0.0371. The van der Waals surface area contributed by atoms with Crippen molar-refractivity contribution in [2.24, 2.45) is 0 Å². The molecule has 2 rings (SSSR count). The summed E-state index contributed by atoms with van der Waals surface area (Å²) < 4.78 is 26.3. The lowest BCUT2D eigenvalue weighted by Crippen LogP contribution is -2.42. The van der Waals surface area contributed by atoms with Gasteiger partial charge in [0.2, 0.25) is 0 Å². The summed E-state index contributed by atoms with van der Waals surface area (Å²) in [6, 6.07) is 9.10. The fourth-order valence-electron chi connectivity index (χ4n) is 2.08. The van der Waals surface area contributed by atoms with E-state index in [9.17, 15) is 23.5 Å². The molecule has 0 fully saturated rings. The maximum Gasteiger partial charge on any atom is 0.326 e. The molecule has 7 heteroatoms. The average Bonchev–Trinajstić information content (AvgIpc) is 2.53. The molecule has 0 heterocycles. The highest BCUT2D eigenvalue weighted by molar-refractivity contribution is 5.96. The summed E-state index contributed by atoms with van der Waals surface area (Å²) in [5, 5.41) is 20.2. The number of rotatable bonds is 5. The van der Waals surface area contributed by atoms with Gasteiger partial charge in [-0.2, -0.15) is 5.26 Å². The second kappa shape index (κ2) is 7.33. The molecule has 0 saturated heterocycles. The molecule has 0 aromatic heterocycles. The molecular weight excluding hydrogens is 318 g/mol. The zero-order valence-corrected chi connectivity index (χ0v) is 12.3. The Balaban J connectivity index is 2.14. The summed E-state index contributed by atoms with van der Waals surface area (Å²) in [6.45, 7) is 0. The number of carboxylic acid groups (broad SMARTS) is 1. The van der Waals surface area contributed by atoms with Crippen molar-refractivity contribution < 1.29 is 23.5 Å². The number of carbonyl (C=O) groups is 2. The lowest BCUT2D eigenvalue weighted by Gasteiger charge is -2.15. The highest BCUT2D eigenvalue weighted by atomic mass is 19.1. The van der Waals surface area contributed by atoms with Crippen molar-refractivity contribution in [2.75, 3.05) is 0 Å². The number of nitrogens with zero attached hydrogens (tertiary/aromatic N) is 1. The smallest absolute Gasteiger partial charge is 0.326 e. The number of halogens is 2. The Morgan fingerprint density at radius 1 is 1.12 bits per heavy atom. The van der Waals surface area contributed by atoms with Gasteiger partial charge >= 0.3 is 5.97 Å². The molecule has 0 spiro atoms. The number of carbonyl (C=O) groups excluding carboxylic acids is 1. The van der Waals surface area contributed by atoms with Gasteiger partial charge in [-0.15, -0.1) is 0 Å². The van der Waals surface area contributed by atoms with E-state index in [1.807, 2.05) is 6.07 Å². The van der Waals surface area contributed by atoms with E-state index in [4.69, 9.17) is 5.26 Å². The number of aliphatic carboxylic acids is 1. The van der Waals surface area contributed by atoms with Crippen molar-refractivity contribution in [3.8, 4) is 6.07 Å². The minimum Gasteiger partial charge on any atom is -0.480 e. The number of nitriles is 1. The topological polar surface area (TPSA) is 90.2 Å². The van der Waals surface area contributed by atoms with Crippen molar-refractivity contribution in [1.82, 2.24) is 5.32 Å². The average molecular weight is 330 g/mol. The molecule has 0 aliphatic heterocycles. The Morgan fingerprint density at radius 2 is 1.71 bits per heavy atom. The first-order valence-corrected chi connectivity index (χ1v) is 6.88. The van der Waals surface area contributed by atoms with Gasteiger partial charge in [-0.3, -0.25) is 4.79 Å². The number of carboxylic acids is 1. The van der Waals surface area contributed by atoms with Gasteiger partial charge in [0, 0.05) is 18.1 Å². The van der Waals surface area contributed by atoms with Crippen molar-refractivity contribution in [3.63, 3.8) is 0 Å². The third-order valence-electron chi connectivity index (χ3n) is 3.25. The van der Waals surface area contributed by atoms with Gasteiger partial charge < -0.3 is 10.4 Å². The lowest BCUT2D eigenvalue weighted by molar-refractivity contribution is -0.139. The number of nitrogens with one attached hydrogen (secondary N) is 1. The van der Waals surface area contributed by atoms with E-state index < -0.39 is 29.6 Å². The van der Waals surface area contributed by atoms with E-state index in [1.54, 1.807) is 12.1 Å². The highest BCUT2D eigenvalue weighted by Crippen LogP contribution is 2.10. The van der Waals surface area contributed by atoms with Crippen LogP contribution in [0.4, 0.5) is 8.78 Å². The van der Waals surface area contributed by atoms with Gasteiger partial charge in [-0.1, -0.05) is 12.1 Å². The first kappa shape index (κ1) is 17.1. The molecule has 5 nitrogen and oxygen atoms in total. The van der Waals surface area contributed by atoms with Crippen molar-refractivity contribution >= 4 is 11.9 Å². The van der Waals surface area contributed by atoms with Crippen LogP contribution in [0.5, 0.6) is 0 Å². The quantitative estimate of drug-likeness (QED) is 0.880. The van der Waals surface area contributed by atoms with Crippen LogP contribution in [0.1, 0.15) is 21.5 Å². The van der Waals surface area contributed by atoms with Crippen LogP contribution in [0, 0.1) is 23.0 Å². The molecule has 1 atom stereocenters. The van der Waals surface area contributed by atoms with E-state index in [-0.39, 0.29) is 12.0 Å². The van der Waals surface area contributed by atoms with Crippen LogP contribution in [0.25, 0.3) is 0 Å². The summed E-state index contributed by atoms with van der Waals surface area (Å²) >= 11 is 0. The summed E-state index contributed by atoms with van der Waals surface area (Å²) in [5.74, 6) is -4.04. The highest BCUT2D eigenvalue weighted by Gasteiger charge is 2.21. The van der Waals surface area contributed by atoms with Gasteiger partial charge in [0.05, 0.1) is 11.6 Å². The molecule has 24 heavy (non-hydrogen) atoms. The molecular formula is C17H12F2N2O3. The van der Waals surface area contributed by atoms with Crippen LogP contribution in [-0.2, 0) is 11.2 Å². The van der Waals surface area contributed by atoms with Crippen LogP contribution in [0.15, 0.2) is 42.5 Å². The second-order valence-corrected chi connectivity index (χ2v) is 5.04. The first-order valence-electron chi connectivity index (χ1n) is 6.88. The summed E-state index contributed by atoms with van der Waals surface area (Å²) in [7, 11) is 0. The second-order valence-electron chi connectivity index (χ2n) is 5.04. The summed E-state index contributed by atoms with van der Waals surface area (Å²) in [4.78, 5) is 23.3. The van der Waals surface area contributed by atoms with Crippen LogP contribution < -0.4 is 5.32 Å². The van der Waals surface area contributed by atoms with Gasteiger partial charge in [-0.05, 0) is 29.8 Å².